The summed E-state index contributed by atoms with van der Waals surface area (Å²) < 4.78 is 28.7. The number of halogens is 2. The molecule has 27 heavy (non-hydrogen) atoms. The summed E-state index contributed by atoms with van der Waals surface area (Å²) in [7, 11) is 1.68. The van der Waals surface area contributed by atoms with Crippen LogP contribution in [0, 0.1) is 11.6 Å². The predicted molar refractivity (Wildman–Crippen MR) is 98.5 cm³/mol. The van der Waals surface area contributed by atoms with Gasteiger partial charge in [-0.2, -0.15) is 0 Å². The van der Waals surface area contributed by atoms with Crippen LogP contribution in [0.3, 0.4) is 0 Å². The van der Waals surface area contributed by atoms with Gasteiger partial charge in [0.2, 0.25) is 5.91 Å². The molecule has 1 aliphatic carbocycles. The average Bonchev–Trinajstić information content (AvgIpc) is 2.86. The lowest BCUT2D eigenvalue weighted by atomic mass is 9.65. The third-order valence-electron chi connectivity index (χ3n) is 5.82. The van der Waals surface area contributed by atoms with Gasteiger partial charge in [0.05, 0.1) is 23.2 Å². The van der Waals surface area contributed by atoms with Crippen LogP contribution in [0.2, 0.25) is 0 Å². The lowest BCUT2D eigenvalue weighted by molar-refractivity contribution is -0.127. The predicted octanol–water partition coefficient (Wildman–Crippen LogP) is 3.05. The molecular formula is C21H22F2N2O2. The molecule has 4 rings (SSSR count). The fourth-order valence-corrected chi connectivity index (χ4v) is 4.43. The van der Waals surface area contributed by atoms with E-state index in [2.05, 4.69) is 5.32 Å². The number of hydrogen-bond donors (Lipinski definition) is 2. The molecule has 2 aliphatic rings. The van der Waals surface area contributed by atoms with E-state index in [-0.39, 0.29) is 18.1 Å². The zero-order valence-electron chi connectivity index (χ0n) is 15.1. The van der Waals surface area contributed by atoms with Crippen LogP contribution in [0.4, 0.5) is 14.5 Å². The van der Waals surface area contributed by atoms with Gasteiger partial charge in [0, 0.05) is 6.54 Å². The topological polar surface area (TPSA) is 52.6 Å². The van der Waals surface area contributed by atoms with Crippen molar-refractivity contribution in [1.82, 2.24) is 5.32 Å². The maximum Gasteiger partial charge on any atom is 0.238 e. The Morgan fingerprint density at radius 1 is 1.22 bits per heavy atom. The molecule has 1 fully saturated rings. The Morgan fingerprint density at radius 2 is 1.96 bits per heavy atom. The molecule has 2 aromatic carbocycles. The van der Waals surface area contributed by atoms with Crippen LogP contribution < -0.4 is 10.2 Å². The molecule has 2 atom stereocenters. The highest BCUT2D eigenvalue weighted by atomic mass is 19.1. The number of aliphatic hydroxyl groups is 1. The Morgan fingerprint density at radius 3 is 2.59 bits per heavy atom. The number of fused-ring (bicyclic) bond motifs is 2. The molecule has 142 valence electrons. The maximum absolute atomic E-state index is 14.9. The van der Waals surface area contributed by atoms with Crippen molar-refractivity contribution in [2.24, 2.45) is 0 Å². The van der Waals surface area contributed by atoms with Crippen LogP contribution in [0.5, 0.6) is 0 Å². The van der Waals surface area contributed by atoms with Gasteiger partial charge in [-0.15, -0.1) is 0 Å². The molecule has 2 aromatic rings. The van der Waals surface area contributed by atoms with Gasteiger partial charge in [0.15, 0.2) is 0 Å². The average molecular weight is 372 g/mol. The molecule has 1 heterocycles. The van der Waals surface area contributed by atoms with Gasteiger partial charge in [-0.3, -0.25) is 9.69 Å². The summed E-state index contributed by atoms with van der Waals surface area (Å²) in [5, 5.41) is 13.7. The molecule has 1 amide bonds. The summed E-state index contributed by atoms with van der Waals surface area (Å²) in [4.78, 5) is 14.8. The summed E-state index contributed by atoms with van der Waals surface area (Å²) >= 11 is 0. The zero-order valence-corrected chi connectivity index (χ0v) is 15.1. The van der Waals surface area contributed by atoms with Crippen molar-refractivity contribution >= 4 is 11.6 Å². The first-order valence-electron chi connectivity index (χ1n) is 9.20. The summed E-state index contributed by atoms with van der Waals surface area (Å²) in [5.41, 5.74) is 0.614. The van der Waals surface area contributed by atoms with Gasteiger partial charge in [0.1, 0.15) is 11.6 Å². The standard InChI is InChI=1S/C21H22F2N2O2/c1-24-12-17(26)18(13-5-2-6-14(22)11-13)25-19-15(7-3-8-16(19)23)21(20(25)27)9-4-10-21/h2-3,5-8,11,17-18,24,26H,4,9-10,12H2,1H3/t17-,18+/m1/s1. The molecule has 6 heteroatoms. The Labute approximate surface area is 156 Å². The molecular weight excluding hydrogens is 350 g/mol. The highest BCUT2D eigenvalue weighted by molar-refractivity contribution is 6.09. The van der Waals surface area contributed by atoms with Crippen LogP contribution in [0.25, 0.3) is 0 Å². The second-order valence-electron chi connectivity index (χ2n) is 7.37. The molecule has 2 N–H and O–H groups in total. The van der Waals surface area contributed by atoms with Crippen LogP contribution in [0.15, 0.2) is 42.5 Å². The Kier molecular flexibility index (Phi) is 4.48. The summed E-state index contributed by atoms with van der Waals surface area (Å²) in [6.07, 6.45) is 1.20. The maximum atomic E-state index is 14.9. The number of amides is 1. The van der Waals surface area contributed by atoms with E-state index >= 15 is 0 Å². The van der Waals surface area contributed by atoms with Crippen molar-refractivity contribution in [3.63, 3.8) is 0 Å². The monoisotopic (exact) mass is 372 g/mol. The number of nitrogens with one attached hydrogen (secondary N) is 1. The second-order valence-corrected chi connectivity index (χ2v) is 7.37. The third-order valence-corrected chi connectivity index (χ3v) is 5.82. The first kappa shape index (κ1) is 18.1. The number of benzene rings is 2. The number of para-hydroxylation sites is 1. The molecule has 4 nitrogen and oxygen atoms in total. The van der Waals surface area contributed by atoms with Crippen molar-refractivity contribution in [1.29, 1.82) is 0 Å². The van der Waals surface area contributed by atoms with E-state index in [1.165, 1.54) is 29.2 Å². The Bertz CT molecular complexity index is 882. The Balaban J connectivity index is 1.89. The number of rotatable bonds is 5. The largest absolute Gasteiger partial charge is 0.389 e. The highest BCUT2D eigenvalue weighted by Gasteiger charge is 2.57. The number of nitrogens with zero attached hydrogens (tertiary/aromatic N) is 1. The fraction of sp³-hybridized carbons (Fsp3) is 0.381. The summed E-state index contributed by atoms with van der Waals surface area (Å²) in [5.74, 6) is -1.17. The van der Waals surface area contributed by atoms with E-state index in [0.29, 0.717) is 24.0 Å². The quantitative estimate of drug-likeness (QED) is 0.848. The lowest BCUT2D eigenvalue weighted by Gasteiger charge is -2.39. The van der Waals surface area contributed by atoms with Gasteiger partial charge >= 0.3 is 0 Å². The SMILES string of the molecule is CNC[C@@H](O)[C@H](c1cccc(F)c1)N1C(=O)C2(CCC2)c2cccc(F)c21. The number of aliphatic hydroxyl groups excluding tert-OH is 1. The lowest BCUT2D eigenvalue weighted by Crippen LogP contribution is -2.49. The van der Waals surface area contributed by atoms with Crippen molar-refractivity contribution in [2.75, 3.05) is 18.5 Å². The normalized spacial score (nSPS) is 19.7. The van der Waals surface area contributed by atoms with Crippen molar-refractivity contribution in [2.45, 2.75) is 36.8 Å². The minimum absolute atomic E-state index is 0.182. The number of likely N-dealkylation sites (N-methyl/N-ethyl adjacent to an activating group) is 1. The van der Waals surface area contributed by atoms with E-state index < -0.39 is 29.2 Å². The molecule has 1 aliphatic heterocycles. The van der Waals surface area contributed by atoms with Crippen LogP contribution in [0.1, 0.15) is 36.4 Å². The van der Waals surface area contributed by atoms with Gasteiger partial charge in [0.25, 0.3) is 0 Å². The second kappa shape index (κ2) is 6.69. The minimum atomic E-state index is -1.02. The van der Waals surface area contributed by atoms with E-state index in [4.69, 9.17) is 0 Å². The van der Waals surface area contributed by atoms with Crippen molar-refractivity contribution in [3.8, 4) is 0 Å². The Hall–Kier alpha value is -2.31. The van der Waals surface area contributed by atoms with E-state index in [9.17, 15) is 18.7 Å². The third kappa shape index (κ3) is 2.66. The first-order chi connectivity index (χ1) is 13.0. The first-order valence-corrected chi connectivity index (χ1v) is 9.20. The van der Waals surface area contributed by atoms with Crippen LogP contribution in [-0.4, -0.2) is 30.7 Å². The van der Waals surface area contributed by atoms with Gasteiger partial charge in [-0.1, -0.05) is 30.7 Å². The molecule has 1 saturated carbocycles. The fourth-order valence-electron chi connectivity index (χ4n) is 4.43. The number of anilines is 1. The minimum Gasteiger partial charge on any atom is -0.389 e. The van der Waals surface area contributed by atoms with E-state index in [1.54, 1.807) is 25.2 Å². The number of carbonyl (C=O) groups is 1. The molecule has 0 unspecified atom stereocenters. The van der Waals surface area contributed by atoms with Gasteiger partial charge in [-0.05, 0) is 49.2 Å². The van der Waals surface area contributed by atoms with Crippen LogP contribution >= 0.6 is 0 Å². The molecule has 0 saturated heterocycles. The smallest absolute Gasteiger partial charge is 0.238 e. The van der Waals surface area contributed by atoms with Gasteiger partial charge < -0.3 is 10.4 Å². The number of hydrogen-bond acceptors (Lipinski definition) is 3. The molecule has 0 bridgehead atoms. The van der Waals surface area contributed by atoms with E-state index in [1.807, 2.05) is 0 Å². The highest BCUT2D eigenvalue weighted by Crippen LogP contribution is 2.56. The van der Waals surface area contributed by atoms with Crippen molar-refractivity contribution in [3.05, 3.63) is 65.2 Å². The summed E-state index contributed by atoms with van der Waals surface area (Å²) in [6.45, 7) is 0.182. The molecule has 0 radical (unpaired) electrons. The zero-order chi connectivity index (χ0) is 19.2. The van der Waals surface area contributed by atoms with E-state index in [0.717, 1.165) is 6.42 Å². The van der Waals surface area contributed by atoms with Gasteiger partial charge in [-0.25, -0.2) is 8.78 Å². The number of carbonyl (C=O) groups excluding carboxylic acids is 1. The molecule has 1 spiro atoms. The summed E-state index contributed by atoms with van der Waals surface area (Å²) in [6, 6.07) is 9.65. The molecule has 0 aromatic heterocycles. The van der Waals surface area contributed by atoms with Crippen molar-refractivity contribution < 1.29 is 18.7 Å². The van der Waals surface area contributed by atoms with Crippen LogP contribution in [-0.2, 0) is 10.2 Å².